The maximum atomic E-state index is 14.4. The normalized spacial score (nSPS) is 16.7. The molecule has 6 N–H and O–H groups in total. The number of tetrazole rings is 1. The van der Waals surface area contributed by atoms with Gasteiger partial charge in [-0.15, -0.1) is 5.10 Å². The van der Waals surface area contributed by atoms with Crippen LogP contribution in [-0.4, -0.2) is 97.0 Å². The second-order valence-electron chi connectivity index (χ2n) is 12.1. The van der Waals surface area contributed by atoms with E-state index in [1.54, 1.807) is 6.07 Å². The Balaban J connectivity index is 1.36. The zero-order valence-corrected chi connectivity index (χ0v) is 29.2. The van der Waals surface area contributed by atoms with Crippen LogP contribution in [0.25, 0.3) is 5.69 Å². The van der Waals surface area contributed by atoms with Crippen molar-refractivity contribution in [2.75, 3.05) is 15.6 Å². The summed E-state index contributed by atoms with van der Waals surface area (Å²) in [6.45, 7) is 0. The van der Waals surface area contributed by atoms with Crippen molar-refractivity contribution in [3.05, 3.63) is 89.2 Å². The van der Waals surface area contributed by atoms with Crippen molar-refractivity contribution in [3.63, 3.8) is 0 Å². The van der Waals surface area contributed by atoms with E-state index in [9.17, 15) is 47.4 Å². The molecule has 22 heteroatoms. The maximum absolute atomic E-state index is 14.4. The molecule has 54 heavy (non-hydrogen) atoms. The second-order valence-corrected chi connectivity index (χ2v) is 14.5. The minimum atomic E-state index is -3.84. The fraction of sp³-hybridized carbons (Fsp3) is 0.219. The summed E-state index contributed by atoms with van der Waals surface area (Å²) in [5.74, 6) is -4.24. The highest BCUT2D eigenvalue weighted by Gasteiger charge is 2.55. The highest BCUT2D eigenvalue weighted by Crippen LogP contribution is 2.38. The third kappa shape index (κ3) is 7.61. The number of hydrogen-bond acceptors (Lipinski definition) is 12. The quantitative estimate of drug-likeness (QED) is 0.0638. The van der Waals surface area contributed by atoms with E-state index in [1.165, 1.54) is 71.7 Å². The molecule has 4 aromatic rings. The summed E-state index contributed by atoms with van der Waals surface area (Å²) < 4.78 is 27.4. The molecule has 2 heterocycles. The number of sulfonamides is 1. The Morgan fingerprint density at radius 2 is 1.74 bits per heavy atom. The van der Waals surface area contributed by atoms with E-state index in [0.29, 0.717) is 28.3 Å². The van der Waals surface area contributed by atoms with Crippen LogP contribution in [0.4, 0.5) is 26.7 Å². The van der Waals surface area contributed by atoms with Gasteiger partial charge in [0.05, 0.1) is 22.3 Å². The Kier molecular flexibility index (Phi) is 10.2. The van der Waals surface area contributed by atoms with E-state index in [2.05, 4.69) is 31.6 Å². The van der Waals surface area contributed by atoms with Crippen LogP contribution < -0.4 is 25.7 Å². The van der Waals surface area contributed by atoms with Crippen LogP contribution in [0.3, 0.4) is 0 Å². The molecule has 1 saturated carbocycles. The Bertz CT molecular complexity index is 2250. The second kappa shape index (κ2) is 14.8. The van der Waals surface area contributed by atoms with Gasteiger partial charge in [-0.2, -0.15) is 4.68 Å². The average molecular weight is 781 g/mol. The van der Waals surface area contributed by atoms with Gasteiger partial charge in [-0.05, 0) is 70.8 Å². The first-order chi connectivity index (χ1) is 25.7. The Morgan fingerprint density at radius 3 is 2.37 bits per heavy atom. The van der Waals surface area contributed by atoms with Gasteiger partial charge in [0.25, 0.3) is 0 Å². The van der Waals surface area contributed by atoms with Gasteiger partial charge in [-0.1, -0.05) is 41.9 Å². The van der Waals surface area contributed by atoms with Gasteiger partial charge in [0.15, 0.2) is 0 Å². The molecule has 3 aromatic carbocycles. The van der Waals surface area contributed by atoms with Crippen LogP contribution >= 0.6 is 11.6 Å². The molecule has 0 spiro atoms. The van der Waals surface area contributed by atoms with Crippen molar-refractivity contribution in [1.29, 1.82) is 0 Å². The van der Waals surface area contributed by atoms with E-state index >= 15 is 0 Å². The number of halogens is 1. The van der Waals surface area contributed by atoms with Crippen molar-refractivity contribution in [1.82, 2.24) is 35.3 Å². The number of carbonyl (C=O) groups excluding carboxylic acids is 4. The van der Waals surface area contributed by atoms with Gasteiger partial charge in [0.1, 0.15) is 12.4 Å². The number of rotatable bonds is 13. The molecule has 0 bridgehead atoms. The maximum Gasteiger partial charge on any atom is 0.414 e. The standard InChI is InChI=1S/C32H29ClN10O10S/c33-20-7-12-25(41-17-34-39-40-41)23(14-20)37-43(27(45)16-44)26(13-18-5-8-21(9-6-18)35-30(49)38-54(52,53)22-10-11-22)28(46)36-32(29(47)48)15-19-3-1-2-4-24(19)42(32)31(50)51/h1-9,12,14,16-17,22,26,37H,10-11,13,15H2,(H,36,46)(H,47,48)(H,50,51)(H2,35,38,49). The topological polar surface area (TPSA) is 275 Å². The number of hydrazine groups is 1. The van der Waals surface area contributed by atoms with Crippen LogP contribution in [-0.2, 0) is 42.0 Å². The fourth-order valence-electron chi connectivity index (χ4n) is 5.86. The Morgan fingerprint density at radius 1 is 1.02 bits per heavy atom. The van der Waals surface area contributed by atoms with Crippen LogP contribution in [0.15, 0.2) is 73.1 Å². The zero-order chi connectivity index (χ0) is 38.8. The highest BCUT2D eigenvalue weighted by atomic mass is 35.5. The number of carboxylic acid groups (broad SMARTS) is 2. The fourth-order valence-corrected chi connectivity index (χ4v) is 7.26. The first-order valence-electron chi connectivity index (χ1n) is 15.9. The number of carbonyl (C=O) groups is 6. The van der Waals surface area contributed by atoms with Crippen molar-refractivity contribution in [3.8, 4) is 5.69 Å². The molecule has 6 rings (SSSR count). The number of nitrogens with zero attached hydrogens (tertiary/aromatic N) is 6. The van der Waals surface area contributed by atoms with Crippen LogP contribution in [0.2, 0.25) is 5.02 Å². The number of para-hydroxylation sites is 1. The largest absolute Gasteiger partial charge is 0.478 e. The Labute approximate surface area is 310 Å². The average Bonchev–Trinajstić information content (AvgIpc) is 3.76. The molecule has 0 saturated heterocycles. The van der Waals surface area contributed by atoms with Gasteiger partial charge in [-0.3, -0.25) is 19.8 Å². The number of aldehydes is 1. The van der Waals surface area contributed by atoms with E-state index < -0.39 is 69.7 Å². The molecular weight excluding hydrogens is 752 g/mol. The summed E-state index contributed by atoms with van der Waals surface area (Å²) in [6, 6.07) is 13.0. The van der Waals surface area contributed by atoms with Gasteiger partial charge >= 0.3 is 24.0 Å². The van der Waals surface area contributed by atoms with Crippen molar-refractivity contribution < 1.29 is 47.4 Å². The third-order valence-electron chi connectivity index (χ3n) is 8.52. The van der Waals surface area contributed by atoms with Gasteiger partial charge in [0.2, 0.25) is 27.9 Å². The minimum Gasteiger partial charge on any atom is -0.478 e. The molecule has 0 radical (unpaired) electrons. The lowest BCUT2D eigenvalue weighted by molar-refractivity contribution is -0.149. The van der Waals surface area contributed by atoms with Crippen molar-refractivity contribution in [2.24, 2.45) is 0 Å². The van der Waals surface area contributed by atoms with Gasteiger partial charge in [0, 0.05) is 23.6 Å². The van der Waals surface area contributed by atoms with Crippen molar-refractivity contribution in [2.45, 2.75) is 42.6 Å². The molecule has 1 aromatic heterocycles. The predicted octanol–water partition coefficient (Wildman–Crippen LogP) is 1.53. The number of carboxylic acids is 1. The third-order valence-corrected chi connectivity index (χ3v) is 10.6. The number of aromatic nitrogens is 4. The van der Waals surface area contributed by atoms with Crippen LogP contribution in [0, 0.1) is 0 Å². The molecule has 20 nitrogen and oxygen atoms in total. The summed E-state index contributed by atoms with van der Waals surface area (Å²) >= 11 is 6.26. The zero-order valence-electron chi connectivity index (χ0n) is 27.6. The van der Waals surface area contributed by atoms with E-state index in [0.717, 1.165) is 0 Å². The molecule has 2 atom stereocenters. The summed E-state index contributed by atoms with van der Waals surface area (Å²) in [4.78, 5) is 78.3. The first-order valence-corrected chi connectivity index (χ1v) is 17.8. The summed E-state index contributed by atoms with van der Waals surface area (Å²) in [7, 11) is -3.84. The minimum absolute atomic E-state index is 0.00488. The molecule has 1 fully saturated rings. The van der Waals surface area contributed by atoms with Gasteiger partial charge < -0.3 is 20.8 Å². The lowest BCUT2D eigenvalue weighted by Crippen LogP contribution is -2.69. The summed E-state index contributed by atoms with van der Waals surface area (Å²) in [5, 5.41) is 36.5. The summed E-state index contributed by atoms with van der Waals surface area (Å²) in [6.07, 6.45) is -0.619. The molecule has 2 unspecified atom stereocenters. The van der Waals surface area contributed by atoms with Crippen LogP contribution in [0.5, 0.6) is 0 Å². The lowest BCUT2D eigenvalue weighted by atomic mass is 10.0. The number of anilines is 3. The number of hydrogen-bond donors (Lipinski definition) is 6. The number of urea groups is 1. The number of benzene rings is 3. The summed E-state index contributed by atoms with van der Waals surface area (Å²) in [5.41, 5.74) is 1.08. The molecule has 1 aliphatic carbocycles. The highest BCUT2D eigenvalue weighted by molar-refractivity contribution is 7.91. The molecular formula is C32H29ClN10O10S. The van der Waals surface area contributed by atoms with E-state index in [1.807, 2.05) is 4.72 Å². The van der Waals surface area contributed by atoms with E-state index in [4.69, 9.17) is 11.6 Å². The number of fused-ring (bicyclic) bond motifs is 1. The number of aliphatic carboxylic acids is 1. The molecule has 5 amide bonds. The monoisotopic (exact) mass is 780 g/mol. The SMILES string of the molecule is O=CC(=O)N(Nc1cc(Cl)ccc1-n1cnnn1)C(Cc1ccc(NC(=O)NS(=O)(=O)C2CC2)cc1)C(=O)NC1(C(=O)O)Cc2ccccc2N1C(=O)O. The Hall–Kier alpha value is -6.61. The van der Waals surface area contributed by atoms with Crippen LogP contribution in [0.1, 0.15) is 24.0 Å². The van der Waals surface area contributed by atoms with Gasteiger partial charge in [-0.25, -0.2) is 37.4 Å². The number of amides is 5. The lowest BCUT2D eigenvalue weighted by Gasteiger charge is -2.37. The van der Waals surface area contributed by atoms with E-state index in [-0.39, 0.29) is 39.6 Å². The predicted molar refractivity (Wildman–Crippen MR) is 188 cm³/mol. The first kappa shape index (κ1) is 37.2. The number of nitrogens with one attached hydrogen (secondary N) is 4. The molecule has 2 aliphatic rings. The smallest absolute Gasteiger partial charge is 0.414 e. The molecule has 280 valence electrons. The van der Waals surface area contributed by atoms with Crippen molar-refractivity contribution >= 4 is 74.9 Å². The molecule has 1 aliphatic heterocycles.